The van der Waals surface area contributed by atoms with Gasteiger partial charge in [0.25, 0.3) is 0 Å². The second kappa shape index (κ2) is 8.86. The number of hydrogen-bond donors (Lipinski definition) is 1. The Morgan fingerprint density at radius 3 is 2.57 bits per heavy atom. The molecule has 0 aliphatic heterocycles. The molecule has 3 heterocycles. The van der Waals surface area contributed by atoms with Gasteiger partial charge in [0, 0.05) is 11.6 Å². The van der Waals surface area contributed by atoms with Gasteiger partial charge in [-0.25, -0.2) is 19.2 Å². The maximum Gasteiger partial charge on any atom is 0.412 e. The predicted octanol–water partition coefficient (Wildman–Crippen LogP) is 4.30. The van der Waals surface area contributed by atoms with Crippen LogP contribution in [-0.2, 0) is 4.74 Å². The molecule has 0 aliphatic rings. The van der Waals surface area contributed by atoms with Gasteiger partial charge in [0.05, 0.1) is 42.8 Å². The molecule has 0 fully saturated rings. The van der Waals surface area contributed by atoms with E-state index in [4.69, 9.17) is 4.74 Å². The van der Waals surface area contributed by atoms with E-state index in [1.165, 1.54) is 20.3 Å². The van der Waals surface area contributed by atoms with Crippen LogP contribution in [0, 0.1) is 12.7 Å². The van der Waals surface area contributed by atoms with Gasteiger partial charge in [0.1, 0.15) is 18.5 Å². The Balaban J connectivity index is 1.57. The maximum absolute atomic E-state index is 13.9. The highest BCUT2D eigenvalue weighted by Crippen LogP contribution is 2.30. The van der Waals surface area contributed by atoms with Crippen LogP contribution in [-0.4, -0.2) is 49.6 Å². The summed E-state index contributed by atoms with van der Waals surface area (Å²) in [5.74, 6) is 0.620. The number of aryl methyl sites for hydroxylation is 1. The number of ether oxygens (including phenoxy) is 2. The molecule has 5 aromatic rings. The van der Waals surface area contributed by atoms with E-state index < -0.39 is 11.9 Å². The van der Waals surface area contributed by atoms with Gasteiger partial charge < -0.3 is 9.47 Å². The number of aromatic nitrogens is 6. The Kier molecular flexibility index (Phi) is 5.57. The van der Waals surface area contributed by atoms with Crippen LogP contribution < -0.4 is 10.1 Å². The predicted molar refractivity (Wildman–Crippen MR) is 126 cm³/mol. The number of imidazole rings is 1. The van der Waals surface area contributed by atoms with E-state index >= 15 is 0 Å². The van der Waals surface area contributed by atoms with E-state index in [0.717, 1.165) is 27.8 Å². The van der Waals surface area contributed by atoms with Crippen LogP contribution in [0.2, 0.25) is 0 Å². The van der Waals surface area contributed by atoms with Crippen LogP contribution in [0.1, 0.15) is 5.56 Å². The minimum absolute atomic E-state index is 0.129. The van der Waals surface area contributed by atoms with E-state index in [9.17, 15) is 9.18 Å². The number of carbonyl (C=O) groups is 1. The lowest BCUT2D eigenvalue weighted by Gasteiger charge is -2.11. The van der Waals surface area contributed by atoms with Gasteiger partial charge in [-0.05, 0) is 48.9 Å². The van der Waals surface area contributed by atoms with Crippen molar-refractivity contribution in [2.24, 2.45) is 0 Å². The van der Waals surface area contributed by atoms with Crippen molar-refractivity contribution in [3.8, 4) is 28.5 Å². The molecule has 176 valence electrons. The van der Waals surface area contributed by atoms with Crippen molar-refractivity contribution in [1.29, 1.82) is 0 Å². The van der Waals surface area contributed by atoms with Crippen LogP contribution in [0.15, 0.2) is 61.3 Å². The smallest absolute Gasteiger partial charge is 0.412 e. The van der Waals surface area contributed by atoms with E-state index in [1.807, 2.05) is 29.7 Å². The number of methoxy groups -OCH3 is 2. The first-order valence-corrected chi connectivity index (χ1v) is 10.5. The molecular weight excluding hydrogens is 453 g/mol. The molecule has 1 N–H and O–H groups in total. The van der Waals surface area contributed by atoms with Crippen LogP contribution >= 0.6 is 0 Å². The lowest BCUT2D eigenvalue weighted by atomic mass is 10.1. The first-order valence-electron chi connectivity index (χ1n) is 10.5. The van der Waals surface area contributed by atoms with Crippen molar-refractivity contribution in [3.05, 3.63) is 72.7 Å². The molecule has 2 aromatic carbocycles. The van der Waals surface area contributed by atoms with Crippen LogP contribution in [0.25, 0.3) is 33.8 Å². The zero-order valence-corrected chi connectivity index (χ0v) is 19.1. The summed E-state index contributed by atoms with van der Waals surface area (Å²) in [4.78, 5) is 20.2. The van der Waals surface area contributed by atoms with E-state index in [0.29, 0.717) is 17.3 Å². The zero-order chi connectivity index (χ0) is 24.5. The number of nitrogens with zero attached hydrogens (tertiary/aromatic N) is 6. The monoisotopic (exact) mass is 473 g/mol. The normalized spacial score (nSPS) is 11.0. The van der Waals surface area contributed by atoms with Crippen LogP contribution in [0.4, 0.5) is 15.0 Å². The molecule has 11 heteroatoms. The van der Waals surface area contributed by atoms with Gasteiger partial charge in [-0.2, -0.15) is 0 Å². The molecule has 0 radical (unpaired) electrons. The fourth-order valence-electron chi connectivity index (χ4n) is 3.80. The summed E-state index contributed by atoms with van der Waals surface area (Å²) in [5, 5.41) is 10.9. The zero-order valence-electron chi connectivity index (χ0n) is 19.1. The Morgan fingerprint density at radius 2 is 1.83 bits per heavy atom. The topological polar surface area (TPSA) is 109 Å². The third-order valence-electron chi connectivity index (χ3n) is 5.50. The van der Waals surface area contributed by atoms with Gasteiger partial charge in [0.15, 0.2) is 17.4 Å². The number of amides is 1. The number of fused-ring (bicyclic) bond motifs is 1. The largest absolute Gasteiger partial charge is 0.494 e. The van der Waals surface area contributed by atoms with E-state index in [2.05, 4.69) is 30.2 Å². The Hall–Kier alpha value is -4.80. The lowest BCUT2D eigenvalue weighted by Crippen LogP contribution is -2.12. The summed E-state index contributed by atoms with van der Waals surface area (Å²) >= 11 is 0. The average Bonchev–Trinajstić information content (AvgIpc) is 3.53. The number of rotatable bonds is 5. The summed E-state index contributed by atoms with van der Waals surface area (Å²) in [6.07, 6.45) is 4.31. The molecular formula is C24H20FN7O3. The van der Waals surface area contributed by atoms with Gasteiger partial charge in [-0.1, -0.05) is 0 Å². The first-order chi connectivity index (χ1) is 17.0. The average molecular weight is 473 g/mol. The number of hydrogen-bond acceptors (Lipinski definition) is 7. The Bertz CT molecular complexity index is 1540. The maximum atomic E-state index is 13.9. The fourth-order valence-corrected chi connectivity index (χ4v) is 3.80. The third-order valence-corrected chi connectivity index (χ3v) is 5.50. The molecule has 1 amide bonds. The number of pyridine rings is 1. The minimum Gasteiger partial charge on any atom is -0.494 e. The van der Waals surface area contributed by atoms with Gasteiger partial charge in [0.2, 0.25) is 0 Å². The van der Waals surface area contributed by atoms with Crippen molar-refractivity contribution in [2.45, 2.75) is 6.92 Å². The molecule has 35 heavy (non-hydrogen) atoms. The Labute approximate surface area is 199 Å². The highest BCUT2D eigenvalue weighted by atomic mass is 19.1. The van der Waals surface area contributed by atoms with Crippen molar-refractivity contribution < 1.29 is 18.7 Å². The number of nitrogens with one attached hydrogen (secondary N) is 1. The molecule has 5 rings (SSSR count). The van der Waals surface area contributed by atoms with Crippen molar-refractivity contribution in [2.75, 3.05) is 19.5 Å². The molecule has 0 unspecified atom stereocenters. The summed E-state index contributed by atoms with van der Waals surface area (Å²) < 4.78 is 27.3. The standard InChI is InChI=1S/C24H20FN7O3/c1-14-8-15(23-30-28-13-32(23)16-4-6-18(25)20(10-16)34-2)9-19-22(14)27-12-31(19)17-5-7-21(26-11-17)29-24(33)35-3/h4-13H,1-3H3,(H,26,29,33). The molecule has 0 bridgehead atoms. The molecule has 0 spiro atoms. The summed E-state index contributed by atoms with van der Waals surface area (Å²) in [6.45, 7) is 1.96. The molecule has 0 saturated heterocycles. The third kappa shape index (κ3) is 4.03. The number of halogens is 1. The second-order valence-electron chi connectivity index (χ2n) is 7.64. The Morgan fingerprint density at radius 1 is 1.00 bits per heavy atom. The summed E-state index contributed by atoms with van der Waals surface area (Å²) in [6, 6.07) is 12.0. The minimum atomic E-state index is -0.596. The highest BCUT2D eigenvalue weighted by molar-refractivity contribution is 5.86. The van der Waals surface area contributed by atoms with Crippen LogP contribution in [0.5, 0.6) is 5.75 Å². The molecule has 0 saturated carbocycles. The highest BCUT2D eigenvalue weighted by Gasteiger charge is 2.16. The van der Waals surface area contributed by atoms with Gasteiger partial charge in [-0.15, -0.1) is 10.2 Å². The summed E-state index contributed by atoms with van der Waals surface area (Å²) in [5.41, 5.74) is 4.81. The van der Waals surface area contributed by atoms with Crippen molar-refractivity contribution in [3.63, 3.8) is 0 Å². The number of carbonyl (C=O) groups excluding carboxylic acids is 1. The van der Waals surface area contributed by atoms with Gasteiger partial charge >= 0.3 is 6.09 Å². The van der Waals surface area contributed by atoms with Crippen molar-refractivity contribution in [1.82, 2.24) is 29.3 Å². The molecule has 10 nitrogen and oxygen atoms in total. The quantitative estimate of drug-likeness (QED) is 0.405. The molecule has 3 aromatic heterocycles. The fraction of sp³-hybridized carbons (Fsp3) is 0.125. The molecule has 0 atom stereocenters. The van der Waals surface area contributed by atoms with E-state index in [1.54, 1.807) is 41.6 Å². The van der Waals surface area contributed by atoms with E-state index in [-0.39, 0.29) is 5.75 Å². The SMILES string of the molecule is COC(=O)Nc1ccc(-n2cnc3c(C)cc(-c4nncn4-c4ccc(F)c(OC)c4)cc32)cn1. The van der Waals surface area contributed by atoms with Crippen molar-refractivity contribution >= 4 is 22.9 Å². The number of benzene rings is 2. The van der Waals surface area contributed by atoms with Crippen LogP contribution in [0.3, 0.4) is 0 Å². The second-order valence-corrected chi connectivity index (χ2v) is 7.64. The van der Waals surface area contributed by atoms with Gasteiger partial charge in [-0.3, -0.25) is 14.5 Å². The number of anilines is 1. The first kappa shape index (κ1) is 22.0. The molecule has 0 aliphatic carbocycles. The lowest BCUT2D eigenvalue weighted by molar-refractivity contribution is 0.187. The summed E-state index contributed by atoms with van der Waals surface area (Å²) in [7, 11) is 2.70.